The fourth-order valence-electron chi connectivity index (χ4n) is 2.06. The number of amides is 2. The average Bonchev–Trinajstić information content (AvgIpc) is 2.62. The molecule has 6 heteroatoms. The van der Waals surface area contributed by atoms with E-state index in [-0.39, 0.29) is 17.6 Å². The third kappa shape index (κ3) is 5.60. The summed E-state index contributed by atoms with van der Waals surface area (Å²) in [6.45, 7) is 4.17. The van der Waals surface area contributed by atoms with E-state index in [9.17, 15) is 14.0 Å². The van der Waals surface area contributed by atoms with Crippen LogP contribution in [0, 0.1) is 5.82 Å². The van der Waals surface area contributed by atoms with Crippen LogP contribution in [0.4, 0.5) is 4.39 Å². The van der Waals surface area contributed by atoms with Gasteiger partial charge in [0.05, 0.1) is 0 Å². The second kappa shape index (κ2) is 8.82. The van der Waals surface area contributed by atoms with Crippen LogP contribution in [0.15, 0.2) is 48.5 Å². The lowest BCUT2D eigenvalue weighted by Gasteiger charge is -2.14. The van der Waals surface area contributed by atoms with Gasteiger partial charge in [0.2, 0.25) is 5.91 Å². The molecule has 2 amide bonds. The third-order valence-corrected chi connectivity index (χ3v) is 3.46. The van der Waals surface area contributed by atoms with E-state index < -0.39 is 6.04 Å². The van der Waals surface area contributed by atoms with Gasteiger partial charge in [0.15, 0.2) is 0 Å². The topological polar surface area (TPSA) is 67.4 Å². The molecule has 2 aromatic carbocycles. The quantitative estimate of drug-likeness (QED) is 0.810. The Kier molecular flexibility index (Phi) is 6.51. The van der Waals surface area contributed by atoms with Gasteiger partial charge in [0, 0.05) is 12.1 Å². The minimum absolute atomic E-state index is 0.216. The Morgan fingerprint density at radius 1 is 1.04 bits per heavy atom. The lowest BCUT2D eigenvalue weighted by Crippen LogP contribution is -2.44. The number of benzene rings is 2. The molecule has 2 aromatic rings. The molecule has 0 heterocycles. The van der Waals surface area contributed by atoms with Crippen molar-refractivity contribution in [1.29, 1.82) is 0 Å². The Morgan fingerprint density at radius 2 is 1.60 bits per heavy atom. The molecule has 2 rings (SSSR count). The molecule has 25 heavy (non-hydrogen) atoms. The van der Waals surface area contributed by atoms with Crippen LogP contribution < -0.4 is 15.4 Å². The molecule has 0 radical (unpaired) electrons. The van der Waals surface area contributed by atoms with Crippen molar-refractivity contribution in [2.45, 2.75) is 26.3 Å². The van der Waals surface area contributed by atoms with Crippen LogP contribution in [-0.4, -0.2) is 24.4 Å². The fraction of sp³-hybridized carbons (Fsp3) is 0.263. The predicted octanol–water partition coefficient (Wildman–Crippen LogP) is 3.26. The molecule has 0 spiro atoms. The summed E-state index contributed by atoms with van der Waals surface area (Å²) in [5, 5.41) is 5.38. The highest BCUT2D eigenvalue weighted by molar-refractivity contribution is 5.97. The first-order valence-electron chi connectivity index (χ1n) is 8.11. The van der Waals surface area contributed by atoms with Crippen molar-refractivity contribution in [2.75, 3.05) is 6.54 Å². The molecule has 2 N–H and O–H groups in total. The Balaban J connectivity index is 1.93. The molecule has 0 aliphatic carbocycles. The molecule has 1 atom stereocenters. The lowest BCUT2D eigenvalue weighted by molar-refractivity contribution is -0.122. The highest BCUT2D eigenvalue weighted by Crippen LogP contribution is 2.21. The Labute approximate surface area is 146 Å². The van der Waals surface area contributed by atoms with Gasteiger partial charge in [-0.3, -0.25) is 9.59 Å². The van der Waals surface area contributed by atoms with E-state index >= 15 is 0 Å². The normalized spacial score (nSPS) is 11.5. The standard InChI is InChI=1S/C19H21FN2O3/c1-3-12-21-18(23)13(2)22-19(24)14-4-8-16(9-5-14)25-17-10-6-15(20)7-11-17/h4-11,13H,3,12H2,1-2H3,(H,21,23)(H,22,24)/t13-/m1/s1. The minimum atomic E-state index is -0.616. The summed E-state index contributed by atoms with van der Waals surface area (Å²) in [6, 6.07) is 11.5. The first-order chi connectivity index (χ1) is 12.0. The van der Waals surface area contributed by atoms with E-state index in [4.69, 9.17) is 4.74 Å². The van der Waals surface area contributed by atoms with Gasteiger partial charge in [-0.1, -0.05) is 6.92 Å². The number of carbonyl (C=O) groups is 2. The summed E-state index contributed by atoms with van der Waals surface area (Å²) in [5.41, 5.74) is 0.418. The van der Waals surface area contributed by atoms with E-state index in [1.165, 1.54) is 24.3 Å². The summed E-state index contributed by atoms with van der Waals surface area (Å²) in [7, 11) is 0. The molecular formula is C19H21FN2O3. The van der Waals surface area contributed by atoms with Crippen LogP contribution in [0.5, 0.6) is 11.5 Å². The van der Waals surface area contributed by atoms with E-state index in [2.05, 4.69) is 10.6 Å². The zero-order valence-corrected chi connectivity index (χ0v) is 14.2. The number of carbonyl (C=O) groups excluding carboxylic acids is 2. The molecule has 0 aliphatic rings. The maximum absolute atomic E-state index is 12.9. The van der Waals surface area contributed by atoms with E-state index in [0.717, 1.165) is 6.42 Å². The smallest absolute Gasteiger partial charge is 0.251 e. The second-order valence-corrected chi connectivity index (χ2v) is 5.57. The Morgan fingerprint density at radius 3 is 2.16 bits per heavy atom. The number of hydrogen-bond acceptors (Lipinski definition) is 3. The van der Waals surface area contributed by atoms with Crippen molar-refractivity contribution in [3.05, 3.63) is 59.9 Å². The second-order valence-electron chi connectivity index (χ2n) is 5.57. The summed E-state index contributed by atoms with van der Waals surface area (Å²) in [5.74, 6) is 0.132. The molecule has 0 unspecified atom stereocenters. The van der Waals surface area contributed by atoms with Crippen molar-refractivity contribution < 1.29 is 18.7 Å². The van der Waals surface area contributed by atoms with Crippen molar-refractivity contribution in [1.82, 2.24) is 10.6 Å². The largest absolute Gasteiger partial charge is 0.457 e. The molecule has 5 nitrogen and oxygen atoms in total. The maximum Gasteiger partial charge on any atom is 0.251 e. The molecule has 0 bridgehead atoms. The van der Waals surface area contributed by atoms with Crippen molar-refractivity contribution in [3.8, 4) is 11.5 Å². The number of halogens is 1. The van der Waals surface area contributed by atoms with Crippen molar-refractivity contribution >= 4 is 11.8 Å². The van der Waals surface area contributed by atoms with Gasteiger partial charge in [0.25, 0.3) is 5.91 Å². The molecule has 0 saturated carbocycles. The van der Waals surface area contributed by atoms with E-state index in [0.29, 0.717) is 23.6 Å². The number of ether oxygens (including phenoxy) is 1. The van der Waals surface area contributed by atoms with Gasteiger partial charge in [-0.05, 0) is 61.9 Å². The van der Waals surface area contributed by atoms with Gasteiger partial charge in [0.1, 0.15) is 23.4 Å². The third-order valence-electron chi connectivity index (χ3n) is 3.46. The Hall–Kier alpha value is -2.89. The van der Waals surface area contributed by atoms with Crippen LogP contribution >= 0.6 is 0 Å². The number of nitrogens with one attached hydrogen (secondary N) is 2. The van der Waals surface area contributed by atoms with E-state index in [1.54, 1.807) is 31.2 Å². The fourth-order valence-corrected chi connectivity index (χ4v) is 2.06. The summed E-state index contributed by atoms with van der Waals surface area (Å²) < 4.78 is 18.4. The van der Waals surface area contributed by atoms with Crippen LogP contribution in [-0.2, 0) is 4.79 Å². The SMILES string of the molecule is CCCNC(=O)[C@@H](C)NC(=O)c1ccc(Oc2ccc(F)cc2)cc1. The first kappa shape index (κ1) is 18.4. The van der Waals surface area contributed by atoms with Gasteiger partial charge >= 0.3 is 0 Å². The summed E-state index contributed by atoms with van der Waals surface area (Å²) >= 11 is 0. The zero-order chi connectivity index (χ0) is 18.2. The first-order valence-corrected chi connectivity index (χ1v) is 8.11. The monoisotopic (exact) mass is 344 g/mol. The molecule has 0 aromatic heterocycles. The lowest BCUT2D eigenvalue weighted by atomic mass is 10.2. The Bertz CT molecular complexity index is 714. The van der Waals surface area contributed by atoms with Crippen LogP contribution in [0.1, 0.15) is 30.6 Å². The van der Waals surface area contributed by atoms with Crippen LogP contribution in [0.3, 0.4) is 0 Å². The van der Waals surface area contributed by atoms with Crippen LogP contribution in [0.2, 0.25) is 0 Å². The highest BCUT2D eigenvalue weighted by Gasteiger charge is 2.16. The van der Waals surface area contributed by atoms with E-state index in [1.807, 2.05) is 6.92 Å². The molecule has 0 fully saturated rings. The van der Waals surface area contributed by atoms with Crippen molar-refractivity contribution in [2.24, 2.45) is 0 Å². The zero-order valence-electron chi connectivity index (χ0n) is 14.2. The number of hydrogen-bond donors (Lipinski definition) is 2. The van der Waals surface area contributed by atoms with Gasteiger partial charge < -0.3 is 15.4 Å². The molecule has 0 saturated heterocycles. The predicted molar refractivity (Wildman–Crippen MR) is 93.1 cm³/mol. The molecule has 132 valence electrons. The van der Waals surface area contributed by atoms with Gasteiger partial charge in [-0.15, -0.1) is 0 Å². The van der Waals surface area contributed by atoms with Gasteiger partial charge in [-0.25, -0.2) is 4.39 Å². The average molecular weight is 344 g/mol. The van der Waals surface area contributed by atoms with Crippen LogP contribution in [0.25, 0.3) is 0 Å². The number of rotatable bonds is 7. The van der Waals surface area contributed by atoms with Gasteiger partial charge in [-0.2, -0.15) is 0 Å². The minimum Gasteiger partial charge on any atom is -0.457 e. The maximum atomic E-state index is 12.9. The molecular weight excluding hydrogens is 323 g/mol. The summed E-state index contributed by atoms with van der Waals surface area (Å²) in [4.78, 5) is 23.9. The summed E-state index contributed by atoms with van der Waals surface area (Å²) in [6.07, 6.45) is 0.835. The molecule has 0 aliphatic heterocycles. The highest BCUT2D eigenvalue weighted by atomic mass is 19.1. The van der Waals surface area contributed by atoms with Crippen molar-refractivity contribution in [3.63, 3.8) is 0 Å².